The van der Waals surface area contributed by atoms with Gasteiger partial charge in [0.25, 0.3) is 5.91 Å². The number of amides is 1. The van der Waals surface area contributed by atoms with Crippen LogP contribution in [0.25, 0.3) is 11.0 Å². The summed E-state index contributed by atoms with van der Waals surface area (Å²) in [5, 5.41) is 0.436. The molecule has 1 amide bonds. The van der Waals surface area contributed by atoms with Crippen molar-refractivity contribution < 1.29 is 9.21 Å². The summed E-state index contributed by atoms with van der Waals surface area (Å²) in [4.78, 5) is 34.2. The molecule has 1 unspecified atom stereocenters. The van der Waals surface area contributed by atoms with Crippen molar-refractivity contribution in [3.05, 3.63) is 97.9 Å². The van der Waals surface area contributed by atoms with Crippen molar-refractivity contribution in [3.8, 4) is 0 Å². The highest BCUT2D eigenvalue weighted by molar-refractivity contribution is 9.10. The maximum atomic E-state index is 13.6. The zero-order valence-corrected chi connectivity index (χ0v) is 19.2. The van der Waals surface area contributed by atoms with Crippen LogP contribution in [0.15, 0.2) is 79.4 Å². The second kappa shape index (κ2) is 7.66. The summed E-state index contributed by atoms with van der Waals surface area (Å²) in [6, 6.07) is 16.2. The first-order valence-electron chi connectivity index (χ1n) is 9.64. The molecule has 0 saturated carbocycles. The number of hydrogen-bond acceptors (Lipinski definition) is 5. The van der Waals surface area contributed by atoms with E-state index in [4.69, 9.17) is 4.42 Å². The Labute approximate surface area is 191 Å². The van der Waals surface area contributed by atoms with Crippen molar-refractivity contribution in [3.63, 3.8) is 0 Å². The van der Waals surface area contributed by atoms with Gasteiger partial charge in [0.15, 0.2) is 5.43 Å². The summed E-state index contributed by atoms with van der Waals surface area (Å²) in [5.41, 5.74) is 2.33. The van der Waals surface area contributed by atoms with E-state index in [1.165, 1.54) is 0 Å². The van der Waals surface area contributed by atoms with Crippen molar-refractivity contribution in [1.82, 2.24) is 4.98 Å². The van der Waals surface area contributed by atoms with Gasteiger partial charge in [0.05, 0.1) is 17.0 Å². The third-order valence-corrected chi connectivity index (χ3v) is 6.64. The smallest absolute Gasteiger partial charge is 0.296 e. The highest BCUT2D eigenvalue weighted by Crippen LogP contribution is 2.41. The Kier molecular flexibility index (Phi) is 4.95. The normalized spacial score (nSPS) is 15.5. The van der Waals surface area contributed by atoms with E-state index in [1.54, 1.807) is 47.1 Å². The van der Waals surface area contributed by atoms with Gasteiger partial charge in [0.2, 0.25) is 5.76 Å². The molecule has 0 spiro atoms. The monoisotopic (exact) mass is 492 g/mol. The molecule has 0 aliphatic carbocycles. The largest absolute Gasteiger partial charge is 0.450 e. The SMILES string of the molecule is CSc1ccc(C2c3c(oc4ccc(Br)cc4c3=O)C(=O)N2c2ccc(C)cn2)cc1. The van der Waals surface area contributed by atoms with Crippen molar-refractivity contribution in [2.75, 3.05) is 11.2 Å². The van der Waals surface area contributed by atoms with Gasteiger partial charge in [-0.1, -0.05) is 34.1 Å². The van der Waals surface area contributed by atoms with Gasteiger partial charge in [-0.2, -0.15) is 0 Å². The number of thioether (sulfide) groups is 1. The molecule has 2 aromatic carbocycles. The predicted octanol–water partition coefficient (Wildman–Crippen LogP) is 5.73. The Hall–Kier alpha value is -2.90. The standard InChI is InChI=1S/C24H17BrN2O3S/c1-13-3-10-19(26-12-13)27-21(14-4-7-16(31-2)8-5-14)20-22(28)17-11-15(25)6-9-18(17)30-23(20)24(27)29/h3-12,21H,1-2H3. The van der Waals surface area contributed by atoms with Crippen LogP contribution in [0.3, 0.4) is 0 Å². The average molecular weight is 493 g/mol. The van der Waals surface area contributed by atoms with Gasteiger partial charge >= 0.3 is 0 Å². The number of halogens is 1. The van der Waals surface area contributed by atoms with Crippen molar-refractivity contribution in [1.29, 1.82) is 0 Å². The Morgan fingerprint density at radius 3 is 2.52 bits per heavy atom. The number of pyridine rings is 1. The molecule has 2 aromatic heterocycles. The van der Waals surface area contributed by atoms with E-state index in [-0.39, 0.29) is 17.1 Å². The summed E-state index contributed by atoms with van der Waals surface area (Å²) in [7, 11) is 0. The van der Waals surface area contributed by atoms with Crippen LogP contribution in [0.1, 0.15) is 33.3 Å². The number of aryl methyl sites for hydroxylation is 1. The molecule has 0 radical (unpaired) electrons. The maximum absolute atomic E-state index is 13.6. The Morgan fingerprint density at radius 1 is 1.06 bits per heavy atom. The number of aromatic nitrogens is 1. The summed E-state index contributed by atoms with van der Waals surface area (Å²) in [5.74, 6) is 0.180. The molecule has 5 rings (SSSR count). The zero-order valence-electron chi connectivity index (χ0n) is 16.8. The number of rotatable bonds is 3. The number of nitrogens with zero attached hydrogens (tertiary/aromatic N) is 2. The quantitative estimate of drug-likeness (QED) is 0.341. The fraction of sp³-hybridized carbons (Fsp3) is 0.125. The first-order chi connectivity index (χ1) is 15.0. The lowest BCUT2D eigenvalue weighted by Gasteiger charge is -2.24. The second-order valence-corrected chi connectivity index (χ2v) is 9.15. The van der Waals surface area contributed by atoms with Crippen molar-refractivity contribution in [2.24, 2.45) is 0 Å². The Balaban J connectivity index is 1.79. The molecular formula is C24H17BrN2O3S. The first kappa shape index (κ1) is 20.0. The van der Waals surface area contributed by atoms with Gasteiger partial charge in [-0.3, -0.25) is 14.5 Å². The van der Waals surface area contributed by atoms with E-state index >= 15 is 0 Å². The van der Waals surface area contributed by atoms with E-state index in [0.29, 0.717) is 22.4 Å². The van der Waals surface area contributed by atoms with E-state index in [0.717, 1.165) is 20.5 Å². The molecule has 5 nitrogen and oxygen atoms in total. The van der Waals surface area contributed by atoms with Gasteiger partial charge in [0, 0.05) is 15.6 Å². The van der Waals surface area contributed by atoms with Gasteiger partial charge in [-0.15, -0.1) is 11.8 Å². The lowest BCUT2D eigenvalue weighted by atomic mass is 9.98. The number of hydrogen-bond donors (Lipinski definition) is 0. The minimum Gasteiger partial charge on any atom is -0.450 e. The average Bonchev–Trinajstić information content (AvgIpc) is 3.07. The van der Waals surface area contributed by atoms with Crippen molar-refractivity contribution >= 4 is 50.4 Å². The van der Waals surface area contributed by atoms with Crippen LogP contribution in [0.2, 0.25) is 0 Å². The molecule has 0 saturated heterocycles. The number of fused-ring (bicyclic) bond motifs is 2. The maximum Gasteiger partial charge on any atom is 0.296 e. The highest BCUT2D eigenvalue weighted by Gasteiger charge is 2.44. The third-order valence-electron chi connectivity index (χ3n) is 5.41. The predicted molar refractivity (Wildman–Crippen MR) is 126 cm³/mol. The highest BCUT2D eigenvalue weighted by atomic mass is 79.9. The zero-order chi connectivity index (χ0) is 21.7. The topological polar surface area (TPSA) is 63.4 Å². The number of anilines is 1. The van der Waals surface area contributed by atoms with Crippen molar-refractivity contribution in [2.45, 2.75) is 17.9 Å². The van der Waals surface area contributed by atoms with Crippen LogP contribution in [-0.4, -0.2) is 17.1 Å². The molecule has 154 valence electrons. The number of carbonyl (C=O) groups is 1. The molecule has 1 aliphatic heterocycles. The molecule has 31 heavy (non-hydrogen) atoms. The van der Waals surface area contributed by atoms with Gasteiger partial charge < -0.3 is 4.42 Å². The van der Waals surface area contributed by atoms with Gasteiger partial charge in [-0.25, -0.2) is 4.98 Å². The Morgan fingerprint density at radius 2 is 1.84 bits per heavy atom. The second-order valence-electron chi connectivity index (χ2n) is 7.36. The molecule has 1 atom stereocenters. The van der Waals surface area contributed by atoms with Gasteiger partial charge in [0.1, 0.15) is 11.4 Å². The minimum atomic E-state index is -0.617. The fourth-order valence-electron chi connectivity index (χ4n) is 3.89. The Bertz CT molecular complexity index is 1380. The lowest BCUT2D eigenvalue weighted by Crippen LogP contribution is -2.30. The molecule has 0 N–H and O–H groups in total. The number of benzene rings is 2. The van der Waals surface area contributed by atoms with Gasteiger partial charge in [-0.05, 0) is 60.7 Å². The van der Waals surface area contributed by atoms with E-state index < -0.39 is 6.04 Å². The summed E-state index contributed by atoms with van der Waals surface area (Å²) < 4.78 is 6.75. The van der Waals surface area contributed by atoms with Crippen LogP contribution < -0.4 is 10.3 Å². The van der Waals surface area contributed by atoms with Crippen LogP contribution in [0.5, 0.6) is 0 Å². The van der Waals surface area contributed by atoms with Crippen LogP contribution >= 0.6 is 27.7 Å². The summed E-state index contributed by atoms with van der Waals surface area (Å²) >= 11 is 5.05. The van der Waals surface area contributed by atoms with E-state index in [2.05, 4.69) is 20.9 Å². The van der Waals surface area contributed by atoms with Crippen LogP contribution in [0.4, 0.5) is 5.82 Å². The van der Waals surface area contributed by atoms with E-state index in [1.807, 2.05) is 43.5 Å². The first-order valence-corrected chi connectivity index (χ1v) is 11.7. The van der Waals surface area contributed by atoms with Crippen LogP contribution in [0, 0.1) is 6.92 Å². The molecule has 0 fully saturated rings. The molecule has 4 aromatic rings. The minimum absolute atomic E-state index is 0.0705. The summed E-state index contributed by atoms with van der Waals surface area (Å²) in [6.45, 7) is 1.94. The molecule has 7 heteroatoms. The lowest BCUT2D eigenvalue weighted by molar-refractivity contribution is 0.0970. The molecular weight excluding hydrogens is 476 g/mol. The van der Waals surface area contributed by atoms with E-state index in [9.17, 15) is 9.59 Å². The number of carbonyl (C=O) groups excluding carboxylic acids is 1. The summed E-state index contributed by atoms with van der Waals surface area (Å²) in [6.07, 6.45) is 3.72. The van der Waals surface area contributed by atoms with Crippen LogP contribution in [-0.2, 0) is 0 Å². The third kappa shape index (κ3) is 3.28. The fourth-order valence-corrected chi connectivity index (χ4v) is 4.65. The molecule has 3 heterocycles. The molecule has 0 bridgehead atoms. The molecule has 1 aliphatic rings.